The lowest BCUT2D eigenvalue weighted by molar-refractivity contribution is -0.137. The van der Waals surface area contributed by atoms with Gasteiger partial charge in [-0.25, -0.2) is 4.79 Å². The van der Waals surface area contributed by atoms with E-state index < -0.39 is 0 Å². The zero-order valence-electron chi connectivity index (χ0n) is 8.08. The van der Waals surface area contributed by atoms with Crippen LogP contribution in [0.4, 0.5) is 0 Å². The lowest BCUT2D eigenvalue weighted by Gasteiger charge is -1.93. The third kappa shape index (κ3) is 3.92. The summed E-state index contributed by atoms with van der Waals surface area (Å²) in [4.78, 5) is 10.9. The first-order valence-corrected chi connectivity index (χ1v) is 4.86. The Morgan fingerprint density at radius 2 is 2.15 bits per heavy atom. The maximum atomic E-state index is 10.9. The number of esters is 1. The van der Waals surface area contributed by atoms with Gasteiger partial charge < -0.3 is 4.74 Å². The van der Waals surface area contributed by atoms with Gasteiger partial charge in [-0.05, 0) is 32.6 Å². The van der Waals surface area contributed by atoms with Crippen molar-refractivity contribution in [2.75, 3.05) is 6.61 Å². The van der Waals surface area contributed by atoms with E-state index in [1.165, 1.54) is 37.3 Å². The van der Waals surface area contributed by atoms with Crippen molar-refractivity contribution in [3.63, 3.8) is 0 Å². The summed E-state index contributed by atoms with van der Waals surface area (Å²) in [6.45, 7) is 2.25. The molecule has 1 fully saturated rings. The molecule has 0 saturated heterocycles. The molecule has 1 aliphatic rings. The Bertz CT molecular complexity index is 218. The molecule has 13 heavy (non-hydrogen) atoms. The van der Waals surface area contributed by atoms with Gasteiger partial charge in [-0.3, -0.25) is 0 Å². The minimum Gasteiger partial charge on any atom is -0.463 e. The molecule has 1 saturated carbocycles. The SMILES string of the molecule is CCOC(=O)/C=C\C=C1CCCC1. The van der Waals surface area contributed by atoms with Crippen LogP contribution >= 0.6 is 0 Å². The molecule has 0 unspecified atom stereocenters. The summed E-state index contributed by atoms with van der Waals surface area (Å²) in [5.41, 5.74) is 1.44. The van der Waals surface area contributed by atoms with Crippen LogP contribution in [0.15, 0.2) is 23.8 Å². The molecule has 0 aromatic heterocycles. The van der Waals surface area contributed by atoms with Gasteiger partial charge in [-0.2, -0.15) is 0 Å². The van der Waals surface area contributed by atoms with Crippen LogP contribution in [0.25, 0.3) is 0 Å². The van der Waals surface area contributed by atoms with Gasteiger partial charge in [-0.1, -0.05) is 17.7 Å². The van der Waals surface area contributed by atoms with Crippen LogP contribution in [-0.4, -0.2) is 12.6 Å². The van der Waals surface area contributed by atoms with Crippen molar-refractivity contribution >= 4 is 5.97 Å². The van der Waals surface area contributed by atoms with E-state index in [1.54, 1.807) is 13.0 Å². The third-order valence-electron chi connectivity index (χ3n) is 2.10. The van der Waals surface area contributed by atoms with Crippen LogP contribution in [0.2, 0.25) is 0 Å². The number of carbonyl (C=O) groups is 1. The fraction of sp³-hybridized carbons (Fsp3) is 0.545. The summed E-state index contributed by atoms with van der Waals surface area (Å²) in [6, 6.07) is 0. The van der Waals surface area contributed by atoms with E-state index in [0.717, 1.165) is 0 Å². The normalized spacial score (nSPS) is 16.5. The van der Waals surface area contributed by atoms with Gasteiger partial charge >= 0.3 is 5.97 Å². The van der Waals surface area contributed by atoms with E-state index >= 15 is 0 Å². The molecule has 0 spiro atoms. The molecule has 0 aromatic rings. The molecule has 72 valence electrons. The molecule has 2 nitrogen and oxygen atoms in total. The molecule has 0 heterocycles. The number of hydrogen-bond acceptors (Lipinski definition) is 2. The first-order chi connectivity index (χ1) is 6.33. The molecular weight excluding hydrogens is 164 g/mol. The Morgan fingerprint density at radius 1 is 1.46 bits per heavy atom. The van der Waals surface area contributed by atoms with Crippen LogP contribution in [0.5, 0.6) is 0 Å². The van der Waals surface area contributed by atoms with Crippen molar-refractivity contribution in [2.24, 2.45) is 0 Å². The molecule has 0 N–H and O–H groups in total. The smallest absolute Gasteiger partial charge is 0.330 e. The highest BCUT2D eigenvalue weighted by atomic mass is 16.5. The van der Waals surface area contributed by atoms with Crippen LogP contribution in [-0.2, 0) is 9.53 Å². The zero-order valence-corrected chi connectivity index (χ0v) is 8.08. The van der Waals surface area contributed by atoms with Gasteiger partial charge in [0.05, 0.1) is 6.61 Å². The van der Waals surface area contributed by atoms with Gasteiger partial charge in [0.2, 0.25) is 0 Å². The van der Waals surface area contributed by atoms with E-state index in [1.807, 2.05) is 6.08 Å². The third-order valence-corrected chi connectivity index (χ3v) is 2.10. The summed E-state index contributed by atoms with van der Waals surface area (Å²) < 4.78 is 4.75. The molecule has 0 amide bonds. The number of ether oxygens (including phenoxy) is 1. The number of hydrogen-bond donors (Lipinski definition) is 0. The second-order valence-electron chi connectivity index (χ2n) is 3.14. The van der Waals surface area contributed by atoms with E-state index in [9.17, 15) is 4.79 Å². The number of allylic oxidation sites excluding steroid dienone is 3. The highest BCUT2D eigenvalue weighted by Crippen LogP contribution is 2.23. The molecule has 1 aliphatic carbocycles. The van der Waals surface area contributed by atoms with Crippen LogP contribution in [0.1, 0.15) is 32.6 Å². The average Bonchev–Trinajstić information content (AvgIpc) is 2.57. The summed E-state index contributed by atoms with van der Waals surface area (Å²) in [5.74, 6) is -0.252. The van der Waals surface area contributed by atoms with Crippen LogP contribution in [0.3, 0.4) is 0 Å². The van der Waals surface area contributed by atoms with Crippen molar-refractivity contribution in [2.45, 2.75) is 32.6 Å². The summed E-state index contributed by atoms with van der Waals surface area (Å²) in [6.07, 6.45) is 10.3. The highest BCUT2D eigenvalue weighted by molar-refractivity contribution is 5.82. The molecule has 2 heteroatoms. The first-order valence-electron chi connectivity index (χ1n) is 4.86. The van der Waals surface area contributed by atoms with Crippen molar-refractivity contribution < 1.29 is 9.53 Å². The van der Waals surface area contributed by atoms with Gasteiger partial charge in [0.15, 0.2) is 0 Å². The van der Waals surface area contributed by atoms with E-state index in [4.69, 9.17) is 4.74 Å². The monoisotopic (exact) mass is 180 g/mol. The lowest BCUT2D eigenvalue weighted by atomic mass is 10.2. The highest BCUT2D eigenvalue weighted by Gasteiger charge is 2.04. The zero-order chi connectivity index (χ0) is 9.52. The van der Waals surface area contributed by atoms with Gasteiger partial charge in [-0.15, -0.1) is 0 Å². The topological polar surface area (TPSA) is 26.3 Å². The second-order valence-corrected chi connectivity index (χ2v) is 3.14. The van der Waals surface area contributed by atoms with Crippen molar-refractivity contribution in [3.8, 4) is 0 Å². The maximum Gasteiger partial charge on any atom is 0.330 e. The van der Waals surface area contributed by atoms with Crippen LogP contribution in [0, 0.1) is 0 Å². The Labute approximate surface area is 79.3 Å². The Balaban J connectivity index is 2.31. The minimum atomic E-state index is -0.252. The number of rotatable bonds is 3. The first kappa shape index (κ1) is 10.0. The summed E-state index contributed by atoms with van der Waals surface area (Å²) >= 11 is 0. The standard InChI is InChI=1S/C11H16O2/c1-2-13-11(12)9-5-8-10-6-3-4-7-10/h5,8-9H,2-4,6-7H2,1H3/b9-5-. The summed E-state index contributed by atoms with van der Waals surface area (Å²) in [5, 5.41) is 0. The Hall–Kier alpha value is -1.05. The van der Waals surface area contributed by atoms with Crippen molar-refractivity contribution in [1.29, 1.82) is 0 Å². The van der Waals surface area contributed by atoms with Gasteiger partial charge in [0.1, 0.15) is 0 Å². The molecule has 0 atom stereocenters. The van der Waals surface area contributed by atoms with Crippen molar-refractivity contribution in [1.82, 2.24) is 0 Å². The maximum absolute atomic E-state index is 10.9. The molecular formula is C11H16O2. The van der Waals surface area contributed by atoms with Gasteiger partial charge in [0.25, 0.3) is 0 Å². The van der Waals surface area contributed by atoms with E-state index in [2.05, 4.69) is 0 Å². The predicted molar refractivity (Wildman–Crippen MR) is 52.3 cm³/mol. The molecule has 0 aromatic carbocycles. The van der Waals surface area contributed by atoms with E-state index in [-0.39, 0.29) is 5.97 Å². The lowest BCUT2D eigenvalue weighted by Crippen LogP contribution is -1.98. The molecule has 0 radical (unpaired) electrons. The van der Waals surface area contributed by atoms with Crippen molar-refractivity contribution in [3.05, 3.63) is 23.8 Å². The van der Waals surface area contributed by atoms with E-state index in [0.29, 0.717) is 6.61 Å². The van der Waals surface area contributed by atoms with Gasteiger partial charge in [0, 0.05) is 6.08 Å². The number of carbonyl (C=O) groups excluding carboxylic acids is 1. The average molecular weight is 180 g/mol. The fourth-order valence-corrected chi connectivity index (χ4v) is 1.45. The largest absolute Gasteiger partial charge is 0.463 e. The summed E-state index contributed by atoms with van der Waals surface area (Å²) in [7, 11) is 0. The van der Waals surface area contributed by atoms with Crippen LogP contribution < -0.4 is 0 Å². The fourth-order valence-electron chi connectivity index (χ4n) is 1.45. The minimum absolute atomic E-state index is 0.252. The quantitative estimate of drug-likeness (QED) is 0.493. The second kappa shape index (κ2) is 5.57. The molecule has 0 aliphatic heterocycles. The molecule has 0 bridgehead atoms. The molecule has 1 rings (SSSR count). The Kier molecular flexibility index (Phi) is 4.30. The Morgan fingerprint density at radius 3 is 2.77 bits per heavy atom. The predicted octanol–water partition coefficient (Wildman–Crippen LogP) is 2.61.